The van der Waals surface area contributed by atoms with Crippen LogP contribution in [0.2, 0.25) is 5.15 Å². The molecule has 1 N–H and O–H groups in total. The van der Waals surface area contributed by atoms with E-state index < -0.39 is 10.0 Å². The normalized spacial score (nSPS) is 11.5. The predicted octanol–water partition coefficient (Wildman–Crippen LogP) is 3.69. The van der Waals surface area contributed by atoms with Crippen LogP contribution in [0.15, 0.2) is 65.7 Å². The van der Waals surface area contributed by atoms with Crippen LogP contribution in [0.5, 0.6) is 0 Å². The number of anilines is 1. The summed E-state index contributed by atoms with van der Waals surface area (Å²) in [5.74, 6) is 0. The van der Waals surface area contributed by atoms with Gasteiger partial charge in [-0.05, 0) is 35.0 Å². The number of benzene rings is 2. The first-order chi connectivity index (χ1) is 10.1. The Morgan fingerprint density at radius 2 is 1.71 bits per heavy atom. The molecule has 0 aliphatic rings. The summed E-state index contributed by atoms with van der Waals surface area (Å²) in [6, 6.07) is 15.7. The Morgan fingerprint density at radius 1 is 0.952 bits per heavy atom. The van der Waals surface area contributed by atoms with Gasteiger partial charge in [0.25, 0.3) is 10.0 Å². The molecule has 106 valence electrons. The van der Waals surface area contributed by atoms with Crippen LogP contribution in [0.4, 0.5) is 5.69 Å². The predicted molar refractivity (Wildman–Crippen MR) is 84.0 cm³/mol. The van der Waals surface area contributed by atoms with Gasteiger partial charge in [0.15, 0.2) is 5.15 Å². The van der Waals surface area contributed by atoms with Gasteiger partial charge in [0.05, 0.1) is 10.6 Å². The van der Waals surface area contributed by atoms with Crippen molar-refractivity contribution in [1.29, 1.82) is 0 Å². The second kappa shape index (κ2) is 5.35. The highest BCUT2D eigenvalue weighted by atomic mass is 35.5. The minimum Gasteiger partial charge on any atom is -0.276 e. The Morgan fingerprint density at radius 3 is 2.48 bits per heavy atom. The molecule has 0 atom stereocenters. The van der Waals surface area contributed by atoms with E-state index in [1.54, 1.807) is 30.3 Å². The molecule has 1 aromatic heterocycles. The summed E-state index contributed by atoms with van der Waals surface area (Å²) < 4.78 is 27.2. The molecule has 0 spiro atoms. The fraction of sp³-hybridized carbons (Fsp3) is 0. The van der Waals surface area contributed by atoms with Crippen molar-refractivity contribution in [3.05, 3.63) is 65.9 Å². The van der Waals surface area contributed by atoms with Gasteiger partial charge in [-0.2, -0.15) is 0 Å². The number of hydrogen-bond donors (Lipinski definition) is 1. The molecule has 21 heavy (non-hydrogen) atoms. The molecule has 3 aromatic rings. The van der Waals surface area contributed by atoms with Crippen molar-refractivity contribution in [1.82, 2.24) is 4.98 Å². The molecule has 0 bridgehead atoms. The van der Waals surface area contributed by atoms with E-state index in [1.165, 1.54) is 6.20 Å². The van der Waals surface area contributed by atoms with Crippen molar-refractivity contribution in [3.63, 3.8) is 0 Å². The van der Waals surface area contributed by atoms with E-state index in [-0.39, 0.29) is 15.7 Å². The second-order valence-electron chi connectivity index (χ2n) is 4.46. The van der Waals surface area contributed by atoms with Crippen LogP contribution in [0.25, 0.3) is 10.8 Å². The smallest absolute Gasteiger partial charge is 0.262 e. The summed E-state index contributed by atoms with van der Waals surface area (Å²) >= 11 is 5.87. The number of nitrogens with zero attached hydrogens (tertiary/aromatic N) is 1. The maximum absolute atomic E-state index is 12.4. The molecule has 0 saturated heterocycles. The standard InChI is InChI=1S/C15H11ClN2O2S/c16-15-14(6-3-9-17-15)18-21(19,20)13-8-7-11-4-1-2-5-12(11)10-13/h1-10,18H. The molecule has 0 radical (unpaired) electrons. The minimum atomic E-state index is -3.70. The lowest BCUT2D eigenvalue weighted by Crippen LogP contribution is -2.13. The van der Waals surface area contributed by atoms with Crippen LogP contribution < -0.4 is 4.72 Å². The van der Waals surface area contributed by atoms with Gasteiger partial charge in [-0.3, -0.25) is 4.72 Å². The van der Waals surface area contributed by atoms with Gasteiger partial charge in [0.1, 0.15) is 0 Å². The monoisotopic (exact) mass is 318 g/mol. The van der Waals surface area contributed by atoms with E-state index in [2.05, 4.69) is 9.71 Å². The van der Waals surface area contributed by atoms with Gasteiger partial charge in [-0.15, -0.1) is 0 Å². The van der Waals surface area contributed by atoms with Crippen molar-refractivity contribution in [2.24, 2.45) is 0 Å². The molecule has 2 aromatic carbocycles. The van der Waals surface area contributed by atoms with Crippen molar-refractivity contribution >= 4 is 38.1 Å². The van der Waals surface area contributed by atoms with Crippen LogP contribution in [-0.2, 0) is 10.0 Å². The van der Waals surface area contributed by atoms with E-state index in [9.17, 15) is 8.42 Å². The average molecular weight is 319 g/mol. The maximum Gasteiger partial charge on any atom is 0.262 e. The molecule has 1 heterocycles. The van der Waals surface area contributed by atoms with Crippen LogP contribution >= 0.6 is 11.6 Å². The molecule has 0 saturated carbocycles. The zero-order valence-corrected chi connectivity index (χ0v) is 12.4. The lowest BCUT2D eigenvalue weighted by atomic mass is 10.1. The second-order valence-corrected chi connectivity index (χ2v) is 6.50. The average Bonchev–Trinajstić information content (AvgIpc) is 2.49. The van der Waals surface area contributed by atoms with Gasteiger partial charge in [-0.25, -0.2) is 13.4 Å². The maximum atomic E-state index is 12.4. The summed E-state index contributed by atoms with van der Waals surface area (Å²) in [7, 11) is -3.70. The van der Waals surface area contributed by atoms with Crippen molar-refractivity contribution < 1.29 is 8.42 Å². The van der Waals surface area contributed by atoms with Crippen molar-refractivity contribution in [3.8, 4) is 0 Å². The fourth-order valence-corrected chi connectivity index (χ4v) is 3.32. The van der Waals surface area contributed by atoms with Gasteiger partial charge in [0, 0.05) is 6.20 Å². The number of nitrogens with one attached hydrogen (secondary N) is 1. The zero-order valence-electron chi connectivity index (χ0n) is 10.8. The lowest BCUT2D eigenvalue weighted by Gasteiger charge is -2.09. The summed E-state index contributed by atoms with van der Waals surface area (Å²) in [6.07, 6.45) is 1.50. The van der Waals surface area contributed by atoms with E-state index >= 15 is 0 Å². The molecular weight excluding hydrogens is 308 g/mol. The van der Waals surface area contributed by atoms with E-state index in [0.29, 0.717) is 0 Å². The number of fused-ring (bicyclic) bond motifs is 1. The van der Waals surface area contributed by atoms with Gasteiger partial charge < -0.3 is 0 Å². The molecular formula is C15H11ClN2O2S. The molecule has 3 rings (SSSR count). The molecule has 0 fully saturated rings. The van der Waals surface area contributed by atoms with E-state index in [4.69, 9.17) is 11.6 Å². The van der Waals surface area contributed by atoms with Crippen LogP contribution in [0.1, 0.15) is 0 Å². The highest BCUT2D eigenvalue weighted by Gasteiger charge is 2.16. The number of rotatable bonds is 3. The number of sulfonamides is 1. The van der Waals surface area contributed by atoms with E-state index in [1.807, 2.05) is 24.3 Å². The Balaban J connectivity index is 2.02. The third kappa shape index (κ3) is 2.84. The zero-order chi connectivity index (χ0) is 14.9. The quantitative estimate of drug-likeness (QED) is 0.749. The molecule has 0 aliphatic heterocycles. The fourth-order valence-electron chi connectivity index (χ4n) is 2.00. The summed E-state index contributed by atoms with van der Waals surface area (Å²) in [5, 5.41) is 1.95. The third-order valence-electron chi connectivity index (χ3n) is 3.03. The Labute approximate surface area is 127 Å². The molecule has 0 unspecified atom stereocenters. The number of halogens is 1. The van der Waals surface area contributed by atoms with Crippen molar-refractivity contribution in [2.75, 3.05) is 4.72 Å². The van der Waals surface area contributed by atoms with Crippen molar-refractivity contribution in [2.45, 2.75) is 4.90 Å². The molecule has 0 amide bonds. The number of hydrogen-bond acceptors (Lipinski definition) is 3. The van der Waals surface area contributed by atoms with Gasteiger partial charge >= 0.3 is 0 Å². The van der Waals surface area contributed by atoms with Crippen LogP contribution in [0.3, 0.4) is 0 Å². The van der Waals surface area contributed by atoms with Crippen LogP contribution in [-0.4, -0.2) is 13.4 Å². The third-order valence-corrected chi connectivity index (χ3v) is 4.70. The Hall–Kier alpha value is -2.11. The topological polar surface area (TPSA) is 59.1 Å². The highest BCUT2D eigenvalue weighted by molar-refractivity contribution is 7.92. The lowest BCUT2D eigenvalue weighted by molar-refractivity contribution is 0.601. The first-order valence-corrected chi connectivity index (χ1v) is 8.04. The molecule has 4 nitrogen and oxygen atoms in total. The summed E-state index contributed by atoms with van der Waals surface area (Å²) in [4.78, 5) is 4.03. The first-order valence-electron chi connectivity index (χ1n) is 6.18. The largest absolute Gasteiger partial charge is 0.276 e. The Bertz CT molecular complexity index is 910. The van der Waals surface area contributed by atoms with Gasteiger partial charge in [-0.1, -0.05) is 41.9 Å². The molecule has 6 heteroatoms. The SMILES string of the molecule is O=S(=O)(Nc1cccnc1Cl)c1ccc2ccccc2c1. The number of aromatic nitrogens is 1. The van der Waals surface area contributed by atoms with E-state index in [0.717, 1.165) is 10.8 Å². The van der Waals surface area contributed by atoms with Crippen LogP contribution in [0, 0.1) is 0 Å². The molecule has 0 aliphatic carbocycles. The van der Waals surface area contributed by atoms with Gasteiger partial charge in [0.2, 0.25) is 0 Å². The summed E-state index contributed by atoms with van der Waals surface area (Å²) in [5.41, 5.74) is 0.257. The number of pyridine rings is 1. The Kier molecular flexibility index (Phi) is 3.53. The first kappa shape index (κ1) is 13.9. The minimum absolute atomic E-state index is 0.113. The highest BCUT2D eigenvalue weighted by Crippen LogP contribution is 2.24. The summed E-state index contributed by atoms with van der Waals surface area (Å²) in [6.45, 7) is 0.